The lowest BCUT2D eigenvalue weighted by Gasteiger charge is -2.34. The van der Waals surface area contributed by atoms with Crippen LogP contribution in [-0.2, 0) is 4.79 Å². The number of methoxy groups -OCH3 is 1. The summed E-state index contributed by atoms with van der Waals surface area (Å²) < 4.78 is 5.20. The number of rotatable bonds is 3. The summed E-state index contributed by atoms with van der Waals surface area (Å²) in [4.78, 5) is 30.0. The fraction of sp³-hybridized carbons (Fsp3) is 0.600. The van der Waals surface area contributed by atoms with Gasteiger partial charge >= 0.3 is 6.03 Å². The van der Waals surface area contributed by atoms with E-state index in [4.69, 9.17) is 4.74 Å². The zero-order chi connectivity index (χ0) is 18.5. The van der Waals surface area contributed by atoms with Gasteiger partial charge in [-0.1, -0.05) is 0 Å². The van der Waals surface area contributed by atoms with Crippen molar-refractivity contribution in [3.8, 4) is 5.75 Å². The predicted molar refractivity (Wildman–Crippen MR) is 99.3 cm³/mol. The number of nitrogens with one attached hydrogen (secondary N) is 1. The molecule has 0 radical (unpaired) electrons. The highest BCUT2D eigenvalue weighted by Crippen LogP contribution is 2.48. The molecule has 0 bridgehead atoms. The molecule has 2 aliphatic heterocycles. The van der Waals surface area contributed by atoms with Gasteiger partial charge in [0.15, 0.2) is 0 Å². The third-order valence-electron chi connectivity index (χ3n) is 6.19. The molecule has 140 valence electrons. The average Bonchev–Trinajstić information content (AvgIpc) is 3.11. The number of anilines is 1. The van der Waals surface area contributed by atoms with Gasteiger partial charge in [-0.3, -0.25) is 4.79 Å². The lowest BCUT2D eigenvalue weighted by Crippen LogP contribution is -2.51. The van der Waals surface area contributed by atoms with E-state index in [0.717, 1.165) is 25.8 Å². The molecule has 1 aliphatic carbocycles. The standard InChI is InChI=1S/C20H27N3O3/c1-13(2)23-19(25)22(15-6-8-16(26-3)9-7-15)18(24)20(23)11-14-5-4-10-21-17(14)12-20/h6-9,13-14,17,21H,4-5,10-12H2,1-3H3. The van der Waals surface area contributed by atoms with Crippen LogP contribution in [0, 0.1) is 5.92 Å². The maximum Gasteiger partial charge on any atom is 0.332 e. The third kappa shape index (κ3) is 2.42. The van der Waals surface area contributed by atoms with Gasteiger partial charge in [-0.15, -0.1) is 0 Å². The van der Waals surface area contributed by atoms with Crippen molar-refractivity contribution in [1.29, 1.82) is 0 Å². The van der Waals surface area contributed by atoms with E-state index >= 15 is 0 Å². The van der Waals surface area contributed by atoms with E-state index in [1.807, 2.05) is 18.7 Å². The van der Waals surface area contributed by atoms with Gasteiger partial charge in [-0.2, -0.15) is 0 Å². The van der Waals surface area contributed by atoms with E-state index in [1.54, 1.807) is 31.4 Å². The van der Waals surface area contributed by atoms with Crippen LogP contribution in [0.5, 0.6) is 5.75 Å². The summed E-state index contributed by atoms with van der Waals surface area (Å²) in [6, 6.07) is 7.26. The van der Waals surface area contributed by atoms with Crippen molar-refractivity contribution in [3.63, 3.8) is 0 Å². The molecule has 3 unspecified atom stereocenters. The molecule has 1 aromatic carbocycles. The SMILES string of the molecule is COc1ccc(N2C(=O)N(C(C)C)C3(CC4CCCNC4C3)C2=O)cc1. The molecule has 4 rings (SSSR count). The number of nitrogens with zero attached hydrogens (tertiary/aromatic N) is 2. The molecule has 3 fully saturated rings. The molecular formula is C20H27N3O3. The maximum absolute atomic E-state index is 13.6. The Labute approximate surface area is 154 Å². The number of carbonyl (C=O) groups is 2. The van der Waals surface area contributed by atoms with Crippen LogP contribution in [0.3, 0.4) is 0 Å². The number of amides is 3. The van der Waals surface area contributed by atoms with Crippen molar-refractivity contribution in [2.45, 2.75) is 57.2 Å². The summed E-state index contributed by atoms with van der Waals surface area (Å²) in [5, 5.41) is 3.57. The van der Waals surface area contributed by atoms with Crippen LogP contribution in [-0.4, -0.2) is 48.1 Å². The molecule has 1 N–H and O–H groups in total. The Kier molecular flexibility index (Phi) is 4.18. The lowest BCUT2D eigenvalue weighted by atomic mass is 9.91. The highest BCUT2D eigenvalue weighted by atomic mass is 16.5. The fourth-order valence-corrected chi connectivity index (χ4v) is 5.12. The van der Waals surface area contributed by atoms with Gasteiger partial charge in [0.25, 0.3) is 5.91 Å². The van der Waals surface area contributed by atoms with Crippen LogP contribution in [0.1, 0.15) is 39.5 Å². The van der Waals surface area contributed by atoms with Gasteiger partial charge in [0, 0.05) is 12.1 Å². The minimum atomic E-state index is -0.710. The summed E-state index contributed by atoms with van der Waals surface area (Å²) in [7, 11) is 1.60. The van der Waals surface area contributed by atoms with Crippen molar-refractivity contribution in [1.82, 2.24) is 10.2 Å². The molecule has 1 aromatic rings. The number of hydrogen-bond acceptors (Lipinski definition) is 4. The third-order valence-corrected chi connectivity index (χ3v) is 6.19. The first kappa shape index (κ1) is 17.3. The van der Waals surface area contributed by atoms with Crippen molar-refractivity contribution in [3.05, 3.63) is 24.3 Å². The van der Waals surface area contributed by atoms with E-state index in [1.165, 1.54) is 4.90 Å². The minimum Gasteiger partial charge on any atom is -0.497 e. The van der Waals surface area contributed by atoms with E-state index in [0.29, 0.717) is 29.8 Å². The van der Waals surface area contributed by atoms with Crippen LogP contribution in [0.25, 0.3) is 0 Å². The quantitative estimate of drug-likeness (QED) is 0.845. The molecule has 1 saturated carbocycles. The van der Waals surface area contributed by atoms with Crippen molar-refractivity contribution < 1.29 is 14.3 Å². The molecule has 2 saturated heterocycles. The number of benzene rings is 1. The second kappa shape index (κ2) is 6.27. The molecule has 3 aliphatic rings. The highest BCUT2D eigenvalue weighted by Gasteiger charge is 2.63. The zero-order valence-corrected chi connectivity index (χ0v) is 15.7. The van der Waals surface area contributed by atoms with E-state index in [9.17, 15) is 9.59 Å². The van der Waals surface area contributed by atoms with Crippen LogP contribution >= 0.6 is 0 Å². The Hall–Kier alpha value is -2.08. The van der Waals surface area contributed by atoms with Crippen LogP contribution < -0.4 is 15.0 Å². The van der Waals surface area contributed by atoms with E-state index in [-0.39, 0.29) is 18.0 Å². The summed E-state index contributed by atoms with van der Waals surface area (Å²) in [5.41, 5.74) is -0.0937. The molecule has 3 amide bonds. The summed E-state index contributed by atoms with van der Waals surface area (Å²) >= 11 is 0. The number of imide groups is 1. The van der Waals surface area contributed by atoms with Gasteiger partial charge in [0.2, 0.25) is 0 Å². The number of carbonyl (C=O) groups excluding carboxylic acids is 2. The number of hydrogen-bond donors (Lipinski definition) is 1. The topological polar surface area (TPSA) is 61.9 Å². The van der Waals surface area contributed by atoms with Gasteiger partial charge in [-0.25, -0.2) is 9.69 Å². The fourth-order valence-electron chi connectivity index (χ4n) is 5.12. The van der Waals surface area contributed by atoms with Gasteiger partial charge in [0.05, 0.1) is 12.8 Å². The molecule has 2 heterocycles. The van der Waals surface area contributed by atoms with Crippen LogP contribution in [0.4, 0.5) is 10.5 Å². The molecule has 3 atom stereocenters. The largest absolute Gasteiger partial charge is 0.497 e. The second-order valence-corrected chi connectivity index (χ2v) is 7.99. The Morgan fingerprint density at radius 3 is 2.54 bits per heavy atom. The lowest BCUT2D eigenvalue weighted by molar-refractivity contribution is -0.125. The molecular weight excluding hydrogens is 330 g/mol. The molecule has 6 nitrogen and oxygen atoms in total. The average molecular weight is 357 g/mol. The Bertz CT molecular complexity index is 702. The minimum absolute atomic E-state index is 0.0187. The molecule has 1 spiro atoms. The first-order valence-electron chi connectivity index (χ1n) is 9.53. The molecule has 6 heteroatoms. The van der Waals surface area contributed by atoms with E-state index in [2.05, 4.69) is 5.32 Å². The number of ether oxygens (including phenoxy) is 1. The Morgan fingerprint density at radius 1 is 1.19 bits per heavy atom. The summed E-state index contributed by atoms with van der Waals surface area (Å²) in [6.07, 6.45) is 3.76. The van der Waals surface area contributed by atoms with Gasteiger partial charge < -0.3 is 15.0 Å². The first-order chi connectivity index (χ1) is 12.5. The van der Waals surface area contributed by atoms with Crippen LogP contribution in [0.15, 0.2) is 24.3 Å². The number of piperidine rings is 1. The van der Waals surface area contributed by atoms with E-state index < -0.39 is 5.54 Å². The first-order valence-corrected chi connectivity index (χ1v) is 9.53. The van der Waals surface area contributed by atoms with Crippen molar-refractivity contribution in [2.24, 2.45) is 5.92 Å². The monoisotopic (exact) mass is 357 g/mol. The number of urea groups is 1. The normalized spacial score (nSPS) is 31.2. The van der Waals surface area contributed by atoms with Crippen molar-refractivity contribution in [2.75, 3.05) is 18.6 Å². The molecule has 26 heavy (non-hydrogen) atoms. The van der Waals surface area contributed by atoms with Gasteiger partial charge in [-0.05, 0) is 76.3 Å². The highest BCUT2D eigenvalue weighted by molar-refractivity contribution is 6.23. The summed E-state index contributed by atoms with van der Waals surface area (Å²) in [5.74, 6) is 1.11. The molecule has 0 aromatic heterocycles. The summed E-state index contributed by atoms with van der Waals surface area (Å²) in [6.45, 7) is 5.00. The smallest absolute Gasteiger partial charge is 0.332 e. The Morgan fingerprint density at radius 2 is 1.92 bits per heavy atom. The zero-order valence-electron chi connectivity index (χ0n) is 15.7. The second-order valence-electron chi connectivity index (χ2n) is 7.99. The van der Waals surface area contributed by atoms with Crippen molar-refractivity contribution >= 4 is 17.6 Å². The maximum atomic E-state index is 13.6. The Balaban J connectivity index is 1.72. The number of fused-ring (bicyclic) bond motifs is 1. The predicted octanol–water partition coefficient (Wildman–Crippen LogP) is 2.77. The van der Waals surface area contributed by atoms with Gasteiger partial charge in [0.1, 0.15) is 11.3 Å². The van der Waals surface area contributed by atoms with Crippen LogP contribution in [0.2, 0.25) is 0 Å².